The molecule has 0 spiro atoms. The van der Waals surface area contributed by atoms with Gasteiger partial charge in [0.05, 0.1) is 0 Å². The van der Waals surface area contributed by atoms with E-state index in [-0.39, 0.29) is 13.1 Å². The second kappa shape index (κ2) is 6.72. The summed E-state index contributed by atoms with van der Waals surface area (Å²) >= 11 is 0. The minimum absolute atomic E-state index is 0.256. The molecule has 2 aromatic rings. The van der Waals surface area contributed by atoms with E-state index in [1.807, 2.05) is 26.0 Å². The zero-order valence-corrected chi connectivity index (χ0v) is 15.0. The molecule has 0 saturated carbocycles. The highest BCUT2D eigenvalue weighted by molar-refractivity contribution is 7.89. The van der Waals surface area contributed by atoms with Gasteiger partial charge in [0.1, 0.15) is 16.5 Å². The lowest BCUT2D eigenvalue weighted by molar-refractivity contribution is 0.382. The molecular formula is C18H20F2N2O2S. The molecule has 0 radical (unpaired) electrons. The Bertz CT molecular complexity index is 892. The van der Waals surface area contributed by atoms with Crippen molar-refractivity contribution in [3.63, 3.8) is 0 Å². The van der Waals surface area contributed by atoms with E-state index in [0.29, 0.717) is 19.2 Å². The van der Waals surface area contributed by atoms with E-state index in [2.05, 4.69) is 11.0 Å². The molecule has 0 atom stereocenters. The molecule has 0 aliphatic carbocycles. The van der Waals surface area contributed by atoms with Crippen LogP contribution in [0.2, 0.25) is 0 Å². The molecule has 1 saturated heterocycles. The van der Waals surface area contributed by atoms with Crippen LogP contribution in [0.1, 0.15) is 11.1 Å². The predicted molar refractivity (Wildman–Crippen MR) is 93.2 cm³/mol. The predicted octanol–water partition coefficient (Wildman–Crippen LogP) is 3.09. The van der Waals surface area contributed by atoms with Gasteiger partial charge in [-0.15, -0.1) is 0 Å². The minimum atomic E-state index is -3.97. The van der Waals surface area contributed by atoms with Gasteiger partial charge < -0.3 is 4.90 Å². The highest BCUT2D eigenvalue weighted by atomic mass is 32.2. The molecule has 4 nitrogen and oxygen atoms in total. The monoisotopic (exact) mass is 366 g/mol. The normalized spacial score (nSPS) is 16.2. The molecule has 1 aliphatic heterocycles. The number of benzene rings is 2. The van der Waals surface area contributed by atoms with Crippen molar-refractivity contribution in [2.45, 2.75) is 18.7 Å². The van der Waals surface area contributed by atoms with E-state index in [9.17, 15) is 17.2 Å². The summed E-state index contributed by atoms with van der Waals surface area (Å²) in [5, 5.41) is 0. The van der Waals surface area contributed by atoms with Crippen LogP contribution in [0.15, 0.2) is 41.3 Å². The summed E-state index contributed by atoms with van der Waals surface area (Å²) < 4.78 is 53.4. The summed E-state index contributed by atoms with van der Waals surface area (Å²) in [4.78, 5) is 1.66. The Kier molecular flexibility index (Phi) is 4.79. The second-order valence-electron chi connectivity index (χ2n) is 6.26. The highest BCUT2D eigenvalue weighted by Gasteiger charge is 2.31. The molecule has 3 rings (SSSR count). The van der Waals surface area contributed by atoms with Crippen LogP contribution in [-0.2, 0) is 10.0 Å². The number of nitrogens with zero attached hydrogens (tertiary/aromatic N) is 2. The number of aryl methyl sites for hydroxylation is 2. The van der Waals surface area contributed by atoms with Crippen LogP contribution in [-0.4, -0.2) is 38.9 Å². The number of hydrogen-bond acceptors (Lipinski definition) is 3. The van der Waals surface area contributed by atoms with Crippen LogP contribution in [0.25, 0.3) is 0 Å². The smallest absolute Gasteiger partial charge is 0.246 e. The van der Waals surface area contributed by atoms with Crippen LogP contribution in [0.4, 0.5) is 14.5 Å². The van der Waals surface area contributed by atoms with Gasteiger partial charge in [0.25, 0.3) is 0 Å². The van der Waals surface area contributed by atoms with Gasteiger partial charge in [-0.3, -0.25) is 0 Å². The molecule has 0 N–H and O–H groups in total. The third kappa shape index (κ3) is 3.52. The SMILES string of the molecule is Cc1ccc(C)c(N2CCN(S(=O)(=O)c3ccc(F)cc3F)CC2)c1. The topological polar surface area (TPSA) is 40.6 Å². The molecule has 0 unspecified atom stereocenters. The van der Waals surface area contributed by atoms with Crippen LogP contribution in [0, 0.1) is 25.5 Å². The van der Waals surface area contributed by atoms with Crippen molar-refractivity contribution in [2.75, 3.05) is 31.1 Å². The number of anilines is 1. The Morgan fingerprint density at radius 2 is 1.60 bits per heavy atom. The Morgan fingerprint density at radius 1 is 0.920 bits per heavy atom. The first kappa shape index (κ1) is 17.8. The van der Waals surface area contributed by atoms with Gasteiger partial charge in [0.15, 0.2) is 0 Å². The molecule has 1 heterocycles. The molecule has 134 valence electrons. The zero-order chi connectivity index (χ0) is 18.2. The molecule has 0 amide bonds. The Hall–Kier alpha value is -1.99. The number of halogens is 2. The summed E-state index contributed by atoms with van der Waals surface area (Å²) in [6.07, 6.45) is 0. The van der Waals surface area contributed by atoms with Crippen molar-refractivity contribution >= 4 is 15.7 Å². The number of hydrogen-bond donors (Lipinski definition) is 0. The van der Waals surface area contributed by atoms with Gasteiger partial charge in [-0.25, -0.2) is 17.2 Å². The average Bonchev–Trinajstić information content (AvgIpc) is 2.57. The van der Waals surface area contributed by atoms with E-state index in [0.717, 1.165) is 28.9 Å². The number of sulfonamides is 1. The van der Waals surface area contributed by atoms with E-state index >= 15 is 0 Å². The molecule has 7 heteroatoms. The highest BCUT2D eigenvalue weighted by Crippen LogP contribution is 2.26. The number of piperazine rings is 1. The van der Waals surface area contributed by atoms with E-state index < -0.39 is 26.6 Å². The maximum atomic E-state index is 13.9. The van der Waals surface area contributed by atoms with Crippen LogP contribution in [0.5, 0.6) is 0 Å². The van der Waals surface area contributed by atoms with Gasteiger partial charge in [-0.05, 0) is 43.2 Å². The summed E-state index contributed by atoms with van der Waals surface area (Å²) in [5.41, 5.74) is 3.36. The fraction of sp³-hybridized carbons (Fsp3) is 0.333. The third-order valence-corrected chi connectivity index (χ3v) is 6.39. The minimum Gasteiger partial charge on any atom is -0.369 e. The van der Waals surface area contributed by atoms with Gasteiger partial charge in [-0.2, -0.15) is 4.31 Å². The van der Waals surface area contributed by atoms with E-state index in [1.165, 1.54) is 4.31 Å². The molecular weight excluding hydrogens is 346 g/mol. The van der Waals surface area contributed by atoms with Crippen molar-refractivity contribution in [1.29, 1.82) is 0 Å². The standard InChI is InChI=1S/C18H20F2N2O2S/c1-13-3-4-14(2)17(11-13)21-7-9-22(10-8-21)25(23,24)18-6-5-15(19)12-16(18)20/h3-6,11-12H,7-10H2,1-2H3. The molecule has 0 bridgehead atoms. The fourth-order valence-electron chi connectivity index (χ4n) is 3.05. The Morgan fingerprint density at radius 3 is 2.24 bits per heavy atom. The zero-order valence-electron chi connectivity index (χ0n) is 14.2. The first-order chi connectivity index (χ1) is 11.8. The van der Waals surface area contributed by atoms with Crippen LogP contribution >= 0.6 is 0 Å². The third-order valence-electron chi connectivity index (χ3n) is 4.46. The Labute approximate surface area is 146 Å². The molecule has 1 fully saturated rings. The van der Waals surface area contributed by atoms with Crippen LogP contribution < -0.4 is 4.90 Å². The van der Waals surface area contributed by atoms with Crippen molar-refractivity contribution in [3.05, 3.63) is 59.2 Å². The Balaban J connectivity index is 1.78. The lowest BCUT2D eigenvalue weighted by Crippen LogP contribution is -2.49. The second-order valence-corrected chi connectivity index (χ2v) is 8.16. The van der Waals surface area contributed by atoms with Crippen molar-refractivity contribution in [2.24, 2.45) is 0 Å². The molecule has 2 aromatic carbocycles. The summed E-state index contributed by atoms with van der Waals surface area (Å²) in [6, 6.07) is 8.70. The van der Waals surface area contributed by atoms with Crippen LogP contribution in [0.3, 0.4) is 0 Å². The first-order valence-corrected chi connectivity index (χ1v) is 9.50. The summed E-state index contributed by atoms with van der Waals surface area (Å²) in [6.45, 7) is 5.59. The van der Waals surface area contributed by atoms with Crippen molar-refractivity contribution in [1.82, 2.24) is 4.31 Å². The average molecular weight is 366 g/mol. The lowest BCUT2D eigenvalue weighted by Gasteiger charge is -2.36. The maximum Gasteiger partial charge on any atom is 0.246 e. The van der Waals surface area contributed by atoms with Gasteiger partial charge in [0, 0.05) is 37.9 Å². The summed E-state index contributed by atoms with van der Waals surface area (Å²) in [5.74, 6) is -1.85. The van der Waals surface area contributed by atoms with Gasteiger partial charge >= 0.3 is 0 Å². The summed E-state index contributed by atoms with van der Waals surface area (Å²) in [7, 11) is -3.97. The van der Waals surface area contributed by atoms with Crippen molar-refractivity contribution in [3.8, 4) is 0 Å². The number of rotatable bonds is 3. The fourth-order valence-corrected chi connectivity index (χ4v) is 4.52. The van der Waals surface area contributed by atoms with Crippen molar-refractivity contribution < 1.29 is 17.2 Å². The van der Waals surface area contributed by atoms with Gasteiger partial charge in [-0.1, -0.05) is 12.1 Å². The van der Waals surface area contributed by atoms with E-state index in [1.54, 1.807) is 0 Å². The quantitative estimate of drug-likeness (QED) is 0.838. The van der Waals surface area contributed by atoms with E-state index in [4.69, 9.17) is 0 Å². The largest absolute Gasteiger partial charge is 0.369 e. The maximum absolute atomic E-state index is 13.9. The first-order valence-electron chi connectivity index (χ1n) is 8.06. The lowest BCUT2D eigenvalue weighted by atomic mass is 10.1. The van der Waals surface area contributed by atoms with Gasteiger partial charge in [0.2, 0.25) is 10.0 Å². The molecule has 25 heavy (non-hydrogen) atoms. The molecule has 1 aliphatic rings. The molecule has 0 aromatic heterocycles.